The van der Waals surface area contributed by atoms with Crippen LogP contribution in [-0.4, -0.2) is 9.55 Å². The maximum Gasteiger partial charge on any atom is 0.331 e. The maximum atomic E-state index is 12.9. The molecule has 0 bridgehead atoms. The molecular weight excluding hydrogens is 231 g/mol. The number of rotatable bonds is 1. The predicted molar refractivity (Wildman–Crippen MR) is 68.6 cm³/mol. The summed E-state index contributed by atoms with van der Waals surface area (Å²) in [5, 5.41) is 0. The number of nitrogens with zero attached hydrogens (tertiary/aromatic N) is 1. The van der Waals surface area contributed by atoms with E-state index >= 15 is 0 Å². The molecule has 1 aromatic heterocycles. The lowest BCUT2D eigenvalue weighted by Crippen LogP contribution is -2.14. The summed E-state index contributed by atoms with van der Waals surface area (Å²) in [5.41, 5.74) is 3.05. The Morgan fingerprint density at radius 1 is 1.11 bits per heavy atom. The molecule has 0 aliphatic heterocycles. The van der Waals surface area contributed by atoms with Crippen molar-refractivity contribution >= 4 is 11.0 Å². The predicted octanol–water partition coefficient (Wildman–Crippen LogP) is 2.77. The summed E-state index contributed by atoms with van der Waals surface area (Å²) in [6.07, 6.45) is 0. The minimum Gasteiger partial charge on any atom is -0.305 e. The van der Waals surface area contributed by atoms with E-state index in [-0.39, 0.29) is 11.5 Å². The lowest BCUT2D eigenvalue weighted by atomic mass is 10.2. The first-order valence-corrected chi connectivity index (χ1v) is 5.63. The summed E-state index contributed by atoms with van der Waals surface area (Å²) in [6.45, 7) is 1.94. The molecule has 0 saturated carbocycles. The van der Waals surface area contributed by atoms with Crippen molar-refractivity contribution in [3.05, 3.63) is 64.3 Å². The van der Waals surface area contributed by atoms with E-state index in [1.807, 2.05) is 25.1 Å². The minimum atomic E-state index is -0.317. The SMILES string of the molecule is Cc1cccc2c1[nH]c(=O)n2-c1ccc(F)cc1. The first-order valence-electron chi connectivity index (χ1n) is 5.63. The lowest BCUT2D eigenvalue weighted by molar-refractivity contribution is 0.627. The molecule has 0 aliphatic carbocycles. The van der Waals surface area contributed by atoms with Gasteiger partial charge in [0.2, 0.25) is 0 Å². The van der Waals surface area contributed by atoms with Crippen LogP contribution in [0.4, 0.5) is 4.39 Å². The normalized spacial score (nSPS) is 11.0. The van der Waals surface area contributed by atoms with Gasteiger partial charge < -0.3 is 4.98 Å². The summed E-state index contributed by atoms with van der Waals surface area (Å²) in [7, 11) is 0. The number of aryl methyl sites for hydroxylation is 1. The van der Waals surface area contributed by atoms with Crippen molar-refractivity contribution in [3.8, 4) is 5.69 Å². The fraction of sp³-hybridized carbons (Fsp3) is 0.0714. The average molecular weight is 242 g/mol. The Balaban J connectivity index is 2.35. The van der Waals surface area contributed by atoms with Crippen molar-refractivity contribution < 1.29 is 4.39 Å². The second-order valence-electron chi connectivity index (χ2n) is 4.21. The van der Waals surface area contributed by atoms with Crippen LogP contribution in [0.2, 0.25) is 0 Å². The zero-order valence-electron chi connectivity index (χ0n) is 9.77. The molecule has 0 amide bonds. The van der Waals surface area contributed by atoms with E-state index in [1.54, 1.807) is 16.7 Å². The van der Waals surface area contributed by atoms with Crippen molar-refractivity contribution in [2.45, 2.75) is 6.92 Å². The Kier molecular flexibility index (Phi) is 2.30. The first-order chi connectivity index (χ1) is 8.66. The molecule has 0 radical (unpaired) electrons. The van der Waals surface area contributed by atoms with Crippen molar-refractivity contribution in [2.24, 2.45) is 0 Å². The van der Waals surface area contributed by atoms with Gasteiger partial charge in [-0.2, -0.15) is 0 Å². The molecule has 0 fully saturated rings. The number of hydrogen-bond donors (Lipinski definition) is 1. The van der Waals surface area contributed by atoms with Crippen molar-refractivity contribution in [2.75, 3.05) is 0 Å². The van der Waals surface area contributed by atoms with Gasteiger partial charge >= 0.3 is 5.69 Å². The minimum absolute atomic E-state index is 0.217. The third-order valence-electron chi connectivity index (χ3n) is 3.01. The summed E-state index contributed by atoms with van der Waals surface area (Å²) < 4.78 is 14.5. The van der Waals surface area contributed by atoms with E-state index in [0.717, 1.165) is 16.6 Å². The van der Waals surface area contributed by atoms with E-state index in [1.165, 1.54) is 12.1 Å². The zero-order valence-corrected chi connectivity index (χ0v) is 9.77. The third-order valence-corrected chi connectivity index (χ3v) is 3.01. The second-order valence-corrected chi connectivity index (χ2v) is 4.21. The second kappa shape index (κ2) is 3.84. The lowest BCUT2D eigenvalue weighted by Gasteiger charge is -2.03. The van der Waals surface area contributed by atoms with Gasteiger partial charge in [0.15, 0.2) is 0 Å². The average Bonchev–Trinajstić information content (AvgIpc) is 2.69. The number of halogens is 1. The van der Waals surface area contributed by atoms with Crippen LogP contribution in [0.15, 0.2) is 47.3 Å². The smallest absolute Gasteiger partial charge is 0.305 e. The summed E-state index contributed by atoms with van der Waals surface area (Å²) in [4.78, 5) is 14.8. The number of benzene rings is 2. The van der Waals surface area contributed by atoms with Gasteiger partial charge in [0, 0.05) is 0 Å². The molecular formula is C14H11FN2O. The van der Waals surface area contributed by atoms with Crippen LogP contribution >= 0.6 is 0 Å². The number of hydrogen-bond acceptors (Lipinski definition) is 1. The number of aromatic nitrogens is 2. The van der Waals surface area contributed by atoms with E-state index < -0.39 is 0 Å². The summed E-state index contributed by atoms with van der Waals surface area (Å²) in [6, 6.07) is 11.6. The van der Waals surface area contributed by atoms with Crippen LogP contribution in [-0.2, 0) is 0 Å². The monoisotopic (exact) mass is 242 g/mol. The van der Waals surface area contributed by atoms with Gasteiger partial charge in [0.25, 0.3) is 0 Å². The van der Waals surface area contributed by atoms with Gasteiger partial charge in [0.05, 0.1) is 16.7 Å². The quantitative estimate of drug-likeness (QED) is 0.700. The molecule has 3 rings (SSSR count). The van der Waals surface area contributed by atoms with E-state index in [0.29, 0.717) is 5.69 Å². The number of H-pyrrole nitrogens is 1. The first kappa shape index (κ1) is 10.8. The molecule has 0 atom stereocenters. The van der Waals surface area contributed by atoms with E-state index in [4.69, 9.17) is 0 Å². The molecule has 0 aliphatic rings. The Bertz CT molecular complexity index is 769. The molecule has 1 N–H and O–H groups in total. The van der Waals surface area contributed by atoms with Crippen LogP contribution in [0.5, 0.6) is 0 Å². The molecule has 90 valence electrons. The molecule has 3 aromatic rings. The van der Waals surface area contributed by atoms with E-state index in [2.05, 4.69) is 4.98 Å². The van der Waals surface area contributed by atoms with Gasteiger partial charge in [-0.3, -0.25) is 4.57 Å². The molecule has 0 unspecified atom stereocenters. The molecule has 0 spiro atoms. The third kappa shape index (κ3) is 1.54. The van der Waals surface area contributed by atoms with Gasteiger partial charge in [-0.15, -0.1) is 0 Å². The van der Waals surface area contributed by atoms with Crippen LogP contribution in [0, 0.1) is 12.7 Å². The van der Waals surface area contributed by atoms with E-state index in [9.17, 15) is 9.18 Å². The Morgan fingerprint density at radius 3 is 2.56 bits per heavy atom. The Morgan fingerprint density at radius 2 is 1.83 bits per heavy atom. The summed E-state index contributed by atoms with van der Waals surface area (Å²) in [5.74, 6) is -0.317. The highest BCUT2D eigenvalue weighted by Crippen LogP contribution is 2.18. The fourth-order valence-electron chi connectivity index (χ4n) is 2.12. The van der Waals surface area contributed by atoms with Crippen molar-refractivity contribution in [1.29, 1.82) is 0 Å². The topological polar surface area (TPSA) is 37.8 Å². The highest BCUT2D eigenvalue weighted by atomic mass is 19.1. The Labute approximate surface area is 103 Å². The molecule has 2 aromatic carbocycles. The van der Waals surface area contributed by atoms with Crippen LogP contribution in [0.1, 0.15) is 5.56 Å². The number of fused-ring (bicyclic) bond motifs is 1. The zero-order chi connectivity index (χ0) is 12.7. The molecule has 4 heteroatoms. The number of para-hydroxylation sites is 1. The van der Waals surface area contributed by atoms with Crippen LogP contribution < -0.4 is 5.69 Å². The Hall–Kier alpha value is -2.36. The number of aromatic amines is 1. The molecule has 18 heavy (non-hydrogen) atoms. The van der Waals surface area contributed by atoms with Crippen LogP contribution in [0.3, 0.4) is 0 Å². The van der Waals surface area contributed by atoms with Crippen molar-refractivity contribution in [1.82, 2.24) is 9.55 Å². The molecule has 3 nitrogen and oxygen atoms in total. The van der Waals surface area contributed by atoms with Gasteiger partial charge in [-0.1, -0.05) is 12.1 Å². The number of nitrogens with one attached hydrogen (secondary N) is 1. The highest BCUT2D eigenvalue weighted by molar-refractivity contribution is 5.80. The standard InChI is InChI=1S/C14H11FN2O/c1-9-3-2-4-12-13(9)16-14(18)17(12)11-7-5-10(15)6-8-11/h2-8H,1H3,(H,16,18). The van der Waals surface area contributed by atoms with Gasteiger partial charge in [-0.05, 0) is 42.8 Å². The number of imidazole rings is 1. The maximum absolute atomic E-state index is 12.9. The van der Waals surface area contributed by atoms with Gasteiger partial charge in [-0.25, -0.2) is 9.18 Å². The molecule has 0 saturated heterocycles. The van der Waals surface area contributed by atoms with Gasteiger partial charge in [0.1, 0.15) is 5.82 Å². The molecule has 1 heterocycles. The summed E-state index contributed by atoms with van der Waals surface area (Å²) >= 11 is 0. The highest BCUT2D eigenvalue weighted by Gasteiger charge is 2.09. The largest absolute Gasteiger partial charge is 0.331 e. The van der Waals surface area contributed by atoms with Crippen LogP contribution in [0.25, 0.3) is 16.7 Å². The fourth-order valence-corrected chi connectivity index (χ4v) is 2.12. The van der Waals surface area contributed by atoms with Crippen molar-refractivity contribution in [3.63, 3.8) is 0 Å².